The number of carboxylic acids is 1. The van der Waals surface area contributed by atoms with Crippen molar-refractivity contribution in [1.29, 1.82) is 0 Å². The molecule has 1 aliphatic rings. The Morgan fingerprint density at radius 3 is 2.38 bits per heavy atom. The molecule has 0 unspecified atom stereocenters. The van der Waals surface area contributed by atoms with Crippen LogP contribution in [0.2, 0.25) is 0 Å². The molecule has 21 heavy (non-hydrogen) atoms. The van der Waals surface area contributed by atoms with E-state index in [1.54, 1.807) is 20.8 Å². The van der Waals surface area contributed by atoms with Crippen LogP contribution in [0.5, 0.6) is 0 Å². The molecule has 0 radical (unpaired) electrons. The molecule has 2 atom stereocenters. The van der Waals surface area contributed by atoms with Gasteiger partial charge in [0.15, 0.2) is 0 Å². The fourth-order valence-electron chi connectivity index (χ4n) is 2.55. The van der Waals surface area contributed by atoms with E-state index >= 15 is 0 Å². The Morgan fingerprint density at radius 1 is 1.24 bits per heavy atom. The molecule has 5 nitrogen and oxygen atoms in total. The van der Waals surface area contributed by atoms with Gasteiger partial charge in [0, 0.05) is 12.5 Å². The average molecular weight is 290 g/mol. The zero-order valence-electron chi connectivity index (χ0n) is 12.5. The van der Waals surface area contributed by atoms with Gasteiger partial charge in [0.2, 0.25) is 0 Å². The van der Waals surface area contributed by atoms with Gasteiger partial charge >= 0.3 is 6.09 Å². The number of amides is 1. The second kappa shape index (κ2) is 5.76. The average Bonchev–Trinajstić information content (AvgIpc) is 2.83. The summed E-state index contributed by atoms with van der Waals surface area (Å²) in [6.07, 6.45) is -0.249. The normalized spacial score (nSPS) is 22.1. The van der Waals surface area contributed by atoms with Gasteiger partial charge in [0.05, 0.1) is 12.0 Å². The van der Waals surface area contributed by atoms with Gasteiger partial charge in [-0.3, -0.25) is 4.90 Å². The lowest BCUT2D eigenvalue weighted by Gasteiger charge is -2.28. The predicted molar refractivity (Wildman–Crippen MR) is 75.5 cm³/mol. The van der Waals surface area contributed by atoms with Crippen molar-refractivity contribution in [1.82, 2.24) is 4.90 Å². The molecule has 1 heterocycles. The van der Waals surface area contributed by atoms with Crippen LogP contribution in [0.25, 0.3) is 0 Å². The second-order valence-corrected chi connectivity index (χ2v) is 6.31. The third-order valence-corrected chi connectivity index (χ3v) is 3.47. The topological polar surface area (TPSA) is 69.7 Å². The smallest absolute Gasteiger partial charge is 0.410 e. The van der Waals surface area contributed by atoms with Crippen LogP contribution in [-0.4, -0.2) is 35.2 Å². The van der Waals surface area contributed by atoms with Crippen LogP contribution in [0.4, 0.5) is 4.79 Å². The molecule has 0 bridgehead atoms. The second-order valence-electron chi connectivity index (χ2n) is 6.31. The first-order chi connectivity index (χ1) is 9.78. The summed E-state index contributed by atoms with van der Waals surface area (Å²) in [5, 5.41) is 11.3. The van der Waals surface area contributed by atoms with Gasteiger partial charge in [-0.1, -0.05) is 30.3 Å². The van der Waals surface area contributed by atoms with Gasteiger partial charge < -0.3 is 14.6 Å². The third-order valence-electron chi connectivity index (χ3n) is 3.47. The van der Waals surface area contributed by atoms with E-state index in [0.29, 0.717) is 13.0 Å². The highest BCUT2D eigenvalue weighted by Gasteiger charge is 2.38. The quantitative estimate of drug-likeness (QED) is 0.828. The minimum Gasteiger partial charge on any atom is -0.548 e. The maximum atomic E-state index is 12.2. The van der Waals surface area contributed by atoms with Crippen molar-refractivity contribution >= 4 is 12.1 Å². The lowest BCUT2D eigenvalue weighted by Crippen LogP contribution is -2.48. The molecule has 0 N–H and O–H groups in total. The zero-order valence-corrected chi connectivity index (χ0v) is 12.5. The summed E-state index contributed by atoms with van der Waals surface area (Å²) in [5.74, 6) is -1.25. The summed E-state index contributed by atoms with van der Waals surface area (Å²) in [7, 11) is 0. The first kappa shape index (κ1) is 15.4. The molecule has 0 spiro atoms. The van der Waals surface area contributed by atoms with Gasteiger partial charge in [-0.05, 0) is 32.8 Å². The van der Waals surface area contributed by atoms with E-state index in [2.05, 4.69) is 0 Å². The van der Waals surface area contributed by atoms with Crippen molar-refractivity contribution in [3.63, 3.8) is 0 Å². The minimum absolute atomic E-state index is 0.0124. The predicted octanol–water partition coefficient (Wildman–Crippen LogP) is 1.53. The highest BCUT2D eigenvalue weighted by atomic mass is 16.6. The Balaban J connectivity index is 2.16. The van der Waals surface area contributed by atoms with Gasteiger partial charge in [-0.2, -0.15) is 0 Å². The Hall–Kier alpha value is -2.04. The molecule has 114 valence electrons. The van der Waals surface area contributed by atoms with Crippen LogP contribution >= 0.6 is 0 Å². The molecule has 5 heteroatoms. The van der Waals surface area contributed by atoms with Crippen LogP contribution in [-0.2, 0) is 9.53 Å². The summed E-state index contributed by atoms with van der Waals surface area (Å²) >= 11 is 0. The number of hydrogen-bond acceptors (Lipinski definition) is 4. The molecule has 1 saturated heterocycles. The lowest BCUT2D eigenvalue weighted by atomic mass is 9.96. The SMILES string of the molecule is CC(C)(C)OC(=O)N1C[C@@H](c2ccccc2)C[C@H]1C(=O)[O-]. The Bertz CT molecular complexity index is 521. The Morgan fingerprint density at radius 2 is 1.86 bits per heavy atom. The van der Waals surface area contributed by atoms with Crippen LogP contribution in [0.3, 0.4) is 0 Å². The first-order valence-corrected chi connectivity index (χ1v) is 7.03. The van der Waals surface area contributed by atoms with Crippen LogP contribution in [0.1, 0.15) is 38.7 Å². The van der Waals surface area contributed by atoms with Crippen LogP contribution in [0, 0.1) is 0 Å². The third kappa shape index (κ3) is 3.74. The highest BCUT2D eigenvalue weighted by molar-refractivity contribution is 5.80. The first-order valence-electron chi connectivity index (χ1n) is 7.03. The van der Waals surface area contributed by atoms with Crippen molar-refractivity contribution < 1.29 is 19.4 Å². The molecule has 0 aromatic heterocycles. The fourth-order valence-corrected chi connectivity index (χ4v) is 2.55. The number of rotatable bonds is 2. The van der Waals surface area contributed by atoms with E-state index < -0.39 is 23.7 Å². The number of carboxylic acid groups (broad SMARTS) is 1. The largest absolute Gasteiger partial charge is 0.548 e. The maximum Gasteiger partial charge on any atom is 0.410 e. The van der Waals surface area contributed by atoms with Gasteiger partial charge in [0.25, 0.3) is 0 Å². The molecular weight excluding hydrogens is 270 g/mol. The summed E-state index contributed by atoms with van der Waals surface area (Å²) in [5.41, 5.74) is 0.369. The fraction of sp³-hybridized carbons (Fsp3) is 0.500. The summed E-state index contributed by atoms with van der Waals surface area (Å²) in [6.45, 7) is 5.59. The number of carbonyl (C=O) groups is 2. The van der Waals surface area contributed by atoms with Crippen molar-refractivity contribution in [3.05, 3.63) is 35.9 Å². The van der Waals surface area contributed by atoms with Crippen LogP contribution in [0.15, 0.2) is 30.3 Å². The van der Waals surface area contributed by atoms with Gasteiger partial charge in [-0.25, -0.2) is 4.79 Å². The number of nitrogens with zero attached hydrogens (tertiary/aromatic N) is 1. The lowest BCUT2D eigenvalue weighted by molar-refractivity contribution is -0.310. The number of aliphatic carboxylic acids is 1. The number of carbonyl (C=O) groups excluding carboxylic acids is 2. The molecular formula is C16H20NO4-. The molecule has 2 rings (SSSR count). The van der Waals surface area contributed by atoms with Crippen molar-refractivity contribution in [2.45, 2.75) is 44.8 Å². The molecule has 1 aromatic carbocycles. The monoisotopic (exact) mass is 290 g/mol. The Labute approximate surface area is 124 Å². The standard InChI is InChI=1S/C16H21NO4/c1-16(2,3)21-15(20)17-10-12(9-13(17)14(18)19)11-7-5-4-6-8-11/h4-8,12-13H,9-10H2,1-3H3,(H,18,19)/p-1/t12-,13-/m0/s1. The number of likely N-dealkylation sites (tertiary alicyclic amines) is 1. The summed E-state index contributed by atoms with van der Waals surface area (Å²) in [6, 6.07) is 8.65. The molecule has 1 fully saturated rings. The molecule has 0 saturated carbocycles. The summed E-state index contributed by atoms with van der Waals surface area (Å²) in [4.78, 5) is 24.7. The highest BCUT2D eigenvalue weighted by Crippen LogP contribution is 2.32. The Kier molecular flexibility index (Phi) is 4.21. The molecule has 1 amide bonds. The van der Waals surface area contributed by atoms with E-state index in [9.17, 15) is 14.7 Å². The number of benzene rings is 1. The van der Waals surface area contributed by atoms with E-state index in [-0.39, 0.29) is 5.92 Å². The number of hydrogen-bond donors (Lipinski definition) is 0. The molecule has 0 aliphatic carbocycles. The van der Waals surface area contributed by atoms with E-state index in [1.807, 2.05) is 30.3 Å². The van der Waals surface area contributed by atoms with Crippen LogP contribution < -0.4 is 5.11 Å². The van der Waals surface area contributed by atoms with Crippen molar-refractivity contribution in [2.75, 3.05) is 6.54 Å². The molecule has 1 aliphatic heterocycles. The van der Waals surface area contributed by atoms with E-state index in [4.69, 9.17) is 4.74 Å². The van der Waals surface area contributed by atoms with Crippen molar-refractivity contribution in [3.8, 4) is 0 Å². The van der Waals surface area contributed by atoms with E-state index in [1.165, 1.54) is 4.90 Å². The van der Waals surface area contributed by atoms with Crippen molar-refractivity contribution in [2.24, 2.45) is 0 Å². The summed E-state index contributed by atoms with van der Waals surface area (Å²) < 4.78 is 5.28. The zero-order chi connectivity index (χ0) is 15.6. The van der Waals surface area contributed by atoms with Gasteiger partial charge in [-0.15, -0.1) is 0 Å². The minimum atomic E-state index is -1.24. The maximum absolute atomic E-state index is 12.2. The molecule has 1 aromatic rings. The van der Waals surface area contributed by atoms with E-state index in [0.717, 1.165) is 5.56 Å². The van der Waals surface area contributed by atoms with Gasteiger partial charge in [0.1, 0.15) is 5.60 Å². The number of ether oxygens (including phenoxy) is 1.